The zero-order chi connectivity index (χ0) is 13.5. The summed E-state index contributed by atoms with van der Waals surface area (Å²) in [5, 5.41) is 11.2. The van der Waals surface area contributed by atoms with Crippen LogP contribution in [0.25, 0.3) is 0 Å². The zero-order valence-electron chi connectivity index (χ0n) is 10.8. The van der Waals surface area contributed by atoms with E-state index in [1.807, 2.05) is 6.92 Å². The highest BCUT2D eigenvalue weighted by atomic mass is 16.5. The highest BCUT2D eigenvalue weighted by Crippen LogP contribution is 2.13. The maximum Gasteiger partial charge on any atom is 0.306 e. The molecule has 100 valence electrons. The third kappa shape index (κ3) is 5.14. The third-order valence-electron chi connectivity index (χ3n) is 2.83. The van der Waals surface area contributed by atoms with Crippen molar-refractivity contribution in [1.29, 1.82) is 0 Å². The van der Waals surface area contributed by atoms with Gasteiger partial charge >= 0.3 is 5.97 Å². The second-order valence-corrected chi connectivity index (χ2v) is 3.95. The first-order chi connectivity index (χ1) is 7.89. The molecule has 6 heteroatoms. The molecule has 0 spiro atoms. The summed E-state index contributed by atoms with van der Waals surface area (Å²) in [6.07, 6.45) is -0.146. The van der Waals surface area contributed by atoms with E-state index in [-0.39, 0.29) is 18.9 Å². The van der Waals surface area contributed by atoms with Crippen LogP contribution in [-0.2, 0) is 19.1 Å². The lowest BCUT2D eigenvalue weighted by atomic mass is 10.0. The van der Waals surface area contributed by atoms with Crippen molar-refractivity contribution in [3.8, 4) is 0 Å². The lowest BCUT2D eigenvalue weighted by Crippen LogP contribution is -2.48. The Hall–Kier alpha value is -1.14. The molecular formula is C11H21NO5. The van der Waals surface area contributed by atoms with Gasteiger partial charge in [0.25, 0.3) is 5.91 Å². The van der Waals surface area contributed by atoms with Gasteiger partial charge in [-0.15, -0.1) is 0 Å². The van der Waals surface area contributed by atoms with Gasteiger partial charge < -0.3 is 19.9 Å². The molecule has 1 amide bonds. The van der Waals surface area contributed by atoms with Crippen LogP contribution in [0, 0.1) is 0 Å². The van der Waals surface area contributed by atoms with Gasteiger partial charge in [-0.25, -0.2) is 0 Å². The van der Waals surface area contributed by atoms with E-state index in [4.69, 9.17) is 14.6 Å². The summed E-state index contributed by atoms with van der Waals surface area (Å²) in [5.74, 6) is -1.23. The van der Waals surface area contributed by atoms with Crippen LogP contribution in [0.15, 0.2) is 0 Å². The van der Waals surface area contributed by atoms with Crippen LogP contribution in [0.5, 0.6) is 0 Å². The van der Waals surface area contributed by atoms with E-state index in [0.29, 0.717) is 6.42 Å². The van der Waals surface area contributed by atoms with Crippen LogP contribution >= 0.6 is 0 Å². The number of carboxylic acid groups (broad SMARTS) is 1. The maximum absolute atomic E-state index is 11.8. The predicted molar refractivity (Wildman–Crippen MR) is 61.8 cm³/mol. The molecule has 0 aliphatic heterocycles. The molecule has 17 heavy (non-hydrogen) atoms. The summed E-state index contributed by atoms with van der Waals surface area (Å²) in [6.45, 7) is 3.68. The van der Waals surface area contributed by atoms with Crippen LogP contribution in [-0.4, -0.2) is 49.5 Å². The van der Waals surface area contributed by atoms with Crippen LogP contribution in [0.3, 0.4) is 0 Å². The fourth-order valence-electron chi connectivity index (χ4n) is 1.22. The van der Waals surface area contributed by atoms with E-state index in [0.717, 1.165) is 0 Å². The Balaban J connectivity index is 4.25. The van der Waals surface area contributed by atoms with E-state index < -0.39 is 17.7 Å². The Morgan fingerprint density at radius 3 is 2.35 bits per heavy atom. The van der Waals surface area contributed by atoms with Gasteiger partial charge in [0, 0.05) is 20.8 Å². The number of methoxy groups -OCH3 is 2. The number of amides is 1. The van der Waals surface area contributed by atoms with Crippen LogP contribution in [0.2, 0.25) is 0 Å². The zero-order valence-corrected chi connectivity index (χ0v) is 10.8. The molecule has 0 saturated heterocycles. The summed E-state index contributed by atoms with van der Waals surface area (Å²) in [5.41, 5.74) is -0.887. The first kappa shape index (κ1) is 15.9. The second kappa shape index (κ2) is 7.24. The molecule has 2 atom stereocenters. The Morgan fingerprint density at radius 1 is 1.41 bits per heavy atom. The molecule has 0 heterocycles. The van der Waals surface area contributed by atoms with Crippen LogP contribution < -0.4 is 5.32 Å². The van der Waals surface area contributed by atoms with Crippen molar-refractivity contribution in [1.82, 2.24) is 5.32 Å². The van der Waals surface area contributed by atoms with Crippen molar-refractivity contribution in [3.63, 3.8) is 0 Å². The molecule has 0 aliphatic carbocycles. The van der Waals surface area contributed by atoms with Crippen molar-refractivity contribution >= 4 is 11.9 Å². The monoisotopic (exact) mass is 247 g/mol. The van der Waals surface area contributed by atoms with E-state index in [9.17, 15) is 9.59 Å². The third-order valence-corrected chi connectivity index (χ3v) is 2.83. The van der Waals surface area contributed by atoms with Crippen LogP contribution in [0.1, 0.15) is 26.7 Å². The summed E-state index contributed by atoms with van der Waals surface area (Å²) < 4.78 is 10.1. The number of hydrogen-bond acceptors (Lipinski definition) is 4. The molecule has 6 nitrogen and oxygen atoms in total. The Labute approximate surface area is 101 Å². The molecule has 0 saturated carbocycles. The van der Waals surface area contributed by atoms with Crippen molar-refractivity contribution in [2.24, 2.45) is 0 Å². The number of carboxylic acids is 1. The van der Waals surface area contributed by atoms with Gasteiger partial charge in [-0.05, 0) is 13.3 Å². The fraction of sp³-hybridized carbons (Fsp3) is 0.818. The molecule has 0 aromatic heterocycles. The van der Waals surface area contributed by atoms with Crippen molar-refractivity contribution in [3.05, 3.63) is 0 Å². The molecule has 2 unspecified atom stereocenters. The number of rotatable bonds is 8. The number of ether oxygens (including phenoxy) is 2. The molecule has 0 aliphatic rings. The molecular weight excluding hydrogens is 226 g/mol. The Bertz CT molecular complexity index is 263. The van der Waals surface area contributed by atoms with E-state index in [2.05, 4.69) is 5.32 Å². The normalized spacial score (nSPS) is 16.0. The van der Waals surface area contributed by atoms with Crippen molar-refractivity contribution < 1.29 is 24.2 Å². The van der Waals surface area contributed by atoms with Gasteiger partial charge in [0.15, 0.2) is 0 Å². The van der Waals surface area contributed by atoms with E-state index in [1.165, 1.54) is 14.2 Å². The minimum atomic E-state index is -0.962. The summed E-state index contributed by atoms with van der Waals surface area (Å²) in [4.78, 5) is 22.3. The summed E-state index contributed by atoms with van der Waals surface area (Å²) in [7, 11) is 2.88. The predicted octanol–water partition coefficient (Wildman–Crippen LogP) is 0.407. The van der Waals surface area contributed by atoms with Gasteiger partial charge in [-0.2, -0.15) is 0 Å². The topological polar surface area (TPSA) is 84.9 Å². The lowest BCUT2D eigenvalue weighted by molar-refractivity contribution is -0.144. The Morgan fingerprint density at radius 2 is 2.00 bits per heavy atom. The van der Waals surface area contributed by atoms with Gasteiger partial charge in [-0.3, -0.25) is 9.59 Å². The molecule has 2 N–H and O–H groups in total. The molecule has 0 aromatic rings. The maximum atomic E-state index is 11.8. The standard InChI is InChI=1S/C11H21NO5/c1-5-11(2,17-4)10(15)12-7-8(16-3)6-9(13)14/h8H,5-7H2,1-4H3,(H,12,15)(H,13,14). The largest absolute Gasteiger partial charge is 0.481 e. The van der Waals surface area contributed by atoms with E-state index >= 15 is 0 Å². The number of hydrogen-bond donors (Lipinski definition) is 2. The Kier molecular flexibility index (Phi) is 6.75. The highest BCUT2D eigenvalue weighted by Gasteiger charge is 2.31. The first-order valence-corrected chi connectivity index (χ1v) is 5.47. The number of aliphatic carboxylic acids is 1. The average Bonchev–Trinajstić information content (AvgIpc) is 2.32. The SMILES string of the molecule is CCC(C)(OC)C(=O)NCC(CC(=O)O)OC. The number of carbonyl (C=O) groups excluding carboxylic acids is 1. The van der Waals surface area contributed by atoms with Crippen molar-refractivity contribution in [2.45, 2.75) is 38.4 Å². The quantitative estimate of drug-likeness (QED) is 0.649. The second-order valence-electron chi connectivity index (χ2n) is 3.95. The fourth-order valence-corrected chi connectivity index (χ4v) is 1.22. The summed E-state index contributed by atoms with van der Waals surface area (Å²) in [6, 6.07) is 0. The van der Waals surface area contributed by atoms with Crippen LogP contribution in [0.4, 0.5) is 0 Å². The van der Waals surface area contributed by atoms with E-state index in [1.54, 1.807) is 6.92 Å². The molecule has 0 rings (SSSR count). The van der Waals surface area contributed by atoms with Gasteiger partial charge in [-0.1, -0.05) is 6.92 Å². The highest BCUT2D eigenvalue weighted by molar-refractivity contribution is 5.84. The number of nitrogens with one attached hydrogen (secondary N) is 1. The smallest absolute Gasteiger partial charge is 0.306 e. The molecule has 0 bridgehead atoms. The van der Waals surface area contributed by atoms with Gasteiger partial charge in [0.05, 0.1) is 12.5 Å². The minimum Gasteiger partial charge on any atom is -0.481 e. The lowest BCUT2D eigenvalue weighted by Gasteiger charge is -2.26. The van der Waals surface area contributed by atoms with Crippen molar-refractivity contribution in [2.75, 3.05) is 20.8 Å². The van der Waals surface area contributed by atoms with Gasteiger partial charge in [0.1, 0.15) is 5.60 Å². The summed E-state index contributed by atoms with van der Waals surface area (Å²) >= 11 is 0. The molecule has 0 aromatic carbocycles. The average molecular weight is 247 g/mol. The van der Waals surface area contributed by atoms with Gasteiger partial charge in [0.2, 0.25) is 0 Å². The number of carbonyl (C=O) groups is 2. The molecule has 0 fully saturated rings. The molecule has 0 radical (unpaired) electrons. The minimum absolute atomic E-state index is 0.146. The first-order valence-electron chi connectivity index (χ1n) is 5.47.